The molecular weight excluding hydrogens is 351 g/mol. The first-order valence-electron chi connectivity index (χ1n) is 7.99. The van der Waals surface area contributed by atoms with Gasteiger partial charge in [-0.15, -0.1) is 24.8 Å². The smallest absolute Gasteiger partial charge is 0.203 e. The van der Waals surface area contributed by atoms with E-state index in [2.05, 4.69) is 29.3 Å². The number of halogens is 2. The van der Waals surface area contributed by atoms with Crippen molar-refractivity contribution >= 4 is 24.8 Å². The van der Waals surface area contributed by atoms with E-state index in [1.807, 2.05) is 0 Å². The summed E-state index contributed by atoms with van der Waals surface area (Å²) in [5.74, 6) is 2.12. The Labute approximate surface area is 157 Å². The quantitative estimate of drug-likeness (QED) is 0.785. The SMILES string of the molecule is CCC[C@@H](c1cc(OC)c(OC)c(OC)c1)N1CCNCC1.Cl.Cl. The molecule has 1 atom stereocenters. The summed E-state index contributed by atoms with van der Waals surface area (Å²) in [6.45, 7) is 6.46. The van der Waals surface area contributed by atoms with Gasteiger partial charge in [0.05, 0.1) is 21.3 Å². The molecule has 0 bridgehead atoms. The number of piperazine rings is 1. The lowest BCUT2D eigenvalue weighted by molar-refractivity contribution is 0.164. The highest BCUT2D eigenvalue weighted by molar-refractivity contribution is 5.85. The van der Waals surface area contributed by atoms with Crippen LogP contribution in [-0.4, -0.2) is 52.4 Å². The third-order valence-corrected chi connectivity index (χ3v) is 4.23. The largest absolute Gasteiger partial charge is 0.493 e. The fourth-order valence-corrected chi connectivity index (χ4v) is 3.12. The molecule has 1 saturated heterocycles. The van der Waals surface area contributed by atoms with Crippen LogP contribution in [0.4, 0.5) is 0 Å². The minimum absolute atomic E-state index is 0. The molecular formula is C17H30Cl2N2O3. The average molecular weight is 381 g/mol. The van der Waals surface area contributed by atoms with Crippen LogP contribution in [0.3, 0.4) is 0 Å². The zero-order chi connectivity index (χ0) is 15.9. The Bertz CT molecular complexity index is 458. The van der Waals surface area contributed by atoms with Gasteiger partial charge < -0.3 is 19.5 Å². The lowest BCUT2D eigenvalue weighted by atomic mass is 9.98. The van der Waals surface area contributed by atoms with E-state index in [1.54, 1.807) is 21.3 Å². The monoisotopic (exact) mass is 380 g/mol. The first-order valence-corrected chi connectivity index (χ1v) is 7.99. The van der Waals surface area contributed by atoms with Crippen molar-refractivity contribution in [3.63, 3.8) is 0 Å². The van der Waals surface area contributed by atoms with Crippen LogP contribution in [0.25, 0.3) is 0 Å². The molecule has 0 spiro atoms. The molecule has 0 radical (unpaired) electrons. The maximum atomic E-state index is 5.50. The van der Waals surface area contributed by atoms with Gasteiger partial charge >= 0.3 is 0 Å². The maximum absolute atomic E-state index is 5.50. The molecule has 0 amide bonds. The van der Waals surface area contributed by atoms with Crippen molar-refractivity contribution in [1.29, 1.82) is 0 Å². The number of nitrogens with zero attached hydrogens (tertiary/aromatic N) is 1. The van der Waals surface area contributed by atoms with Gasteiger partial charge in [-0.1, -0.05) is 13.3 Å². The Morgan fingerprint density at radius 2 is 1.54 bits per heavy atom. The summed E-state index contributed by atoms with van der Waals surface area (Å²) in [6.07, 6.45) is 2.27. The second-order valence-corrected chi connectivity index (χ2v) is 5.55. The van der Waals surface area contributed by atoms with Crippen LogP contribution in [0.1, 0.15) is 31.4 Å². The highest BCUT2D eigenvalue weighted by Crippen LogP contribution is 2.41. The zero-order valence-electron chi connectivity index (χ0n) is 15.0. The van der Waals surface area contributed by atoms with Crippen LogP contribution in [0.2, 0.25) is 0 Å². The summed E-state index contributed by atoms with van der Waals surface area (Å²) >= 11 is 0. The molecule has 0 unspecified atom stereocenters. The van der Waals surface area contributed by atoms with Crippen molar-refractivity contribution < 1.29 is 14.2 Å². The minimum Gasteiger partial charge on any atom is -0.493 e. The van der Waals surface area contributed by atoms with Gasteiger partial charge in [0.25, 0.3) is 0 Å². The normalized spacial score (nSPS) is 15.7. The van der Waals surface area contributed by atoms with Crippen molar-refractivity contribution in [3.05, 3.63) is 17.7 Å². The topological polar surface area (TPSA) is 43.0 Å². The second kappa shape index (κ2) is 11.6. The maximum Gasteiger partial charge on any atom is 0.203 e. The van der Waals surface area contributed by atoms with Gasteiger partial charge in [0.2, 0.25) is 5.75 Å². The lowest BCUT2D eigenvalue weighted by Gasteiger charge is -2.35. The lowest BCUT2D eigenvalue weighted by Crippen LogP contribution is -2.45. The predicted octanol–water partition coefficient (Wildman–Crippen LogP) is 3.30. The number of rotatable bonds is 7. The Balaban J connectivity index is 0.00000264. The Morgan fingerprint density at radius 1 is 1.00 bits per heavy atom. The summed E-state index contributed by atoms with van der Waals surface area (Å²) in [5, 5.41) is 3.42. The summed E-state index contributed by atoms with van der Waals surface area (Å²) in [4.78, 5) is 2.54. The van der Waals surface area contributed by atoms with Gasteiger partial charge in [-0.25, -0.2) is 0 Å². The molecule has 1 aromatic carbocycles. The van der Waals surface area contributed by atoms with Gasteiger partial charge in [-0.2, -0.15) is 0 Å². The fraction of sp³-hybridized carbons (Fsp3) is 0.647. The third kappa shape index (κ3) is 5.31. The van der Waals surface area contributed by atoms with E-state index in [0.717, 1.165) is 50.5 Å². The predicted molar refractivity (Wildman–Crippen MR) is 103 cm³/mol. The van der Waals surface area contributed by atoms with E-state index in [-0.39, 0.29) is 24.8 Å². The Morgan fingerprint density at radius 3 is 1.96 bits per heavy atom. The molecule has 140 valence electrons. The first kappa shape index (κ1) is 23.1. The van der Waals surface area contributed by atoms with Gasteiger partial charge in [-0.05, 0) is 24.1 Å². The molecule has 0 aliphatic carbocycles. The van der Waals surface area contributed by atoms with Crippen molar-refractivity contribution in [3.8, 4) is 17.2 Å². The molecule has 5 nitrogen and oxygen atoms in total. The minimum atomic E-state index is 0. The van der Waals surface area contributed by atoms with E-state index < -0.39 is 0 Å². The zero-order valence-corrected chi connectivity index (χ0v) is 16.6. The second-order valence-electron chi connectivity index (χ2n) is 5.55. The average Bonchev–Trinajstić information content (AvgIpc) is 2.59. The van der Waals surface area contributed by atoms with E-state index in [0.29, 0.717) is 11.8 Å². The molecule has 0 aromatic heterocycles. The molecule has 1 fully saturated rings. The van der Waals surface area contributed by atoms with Gasteiger partial charge in [0.15, 0.2) is 11.5 Å². The third-order valence-electron chi connectivity index (χ3n) is 4.23. The van der Waals surface area contributed by atoms with E-state index in [9.17, 15) is 0 Å². The molecule has 0 saturated carbocycles. The van der Waals surface area contributed by atoms with E-state index in [1.165, 1.54) is 5.56 Å². The molecule has 1 N–H and O–H groups in total. The summed E-state index contributed by atoms with van der Waals surface area (Å²) in [7, 11) is 4.97. The Hall–Kier alpha value is -0.880. The summed E-state index contributed by atoms with van der Waals surface area (Å²) in [6, 6.07) is 4.56. The van der Waals surface area contributed by atoms with Crippen LogP contribution in [0, 0.1) is 0 Å². The molecule has 1 aliphatic heterocycles. The van der Waals surface area contributed by atoms with E-state index >= 15 is 0 Å². The summed E-state index contributed by atoms with van der Waals surface area (Å²) < 4.78 is 16.4. The van der Waals surface area contributed by atoms with Crippen molar-refractivity contribution in [2.75, 3.05) is 47.5 Å². The van der Waals surface area contributed by atoms with Gasteiger partial charge in [0.1, 0.15) is 0 Å². The number of methoxy groups -OCH3 is 3. The van der Waals surface area contributed by atoms with Gasteiger partial charge in [-0.3, -0.25) is 4.90 Å². The van der Waals surface area contributed by atoms with Crippen molar-refractivity contribution in [2.45, 2.75) is 25.8 Å². The molecule has 2 rings (SSSR count). The van der Waals surface area contributed by atoms with Crippen LogP contribution in [0.5, 0.6) is 17.2 Å². The highest BCUT2D eigenvalue weighted by atomic mass is 35.5. The number of hydrogen-bond acceptors (Lipinski definition) is 5. The van der Waals surface area contributed by atoms with Crippen LogP contribution in [-0.2, 0) is 0 Å². The molecule has 1 heterocycles. The summed E-state index contributed by atoms with van der Waals surface area (Å²) in [5.41, 5.74) is 1.23. The molecule has 1 aliphatic rings. The Kier molecular flexibility index (Phi) is 11.2. The van der Waals surface area contributed by atoms with Gasteiger partial charge in [0, 0.05) is 32.2 Å². The van der Waals surface area contributed by atoms with Crippen molar-refractivity contribution in [1.82, 2.24) is 10.2 Å². The van der Waals surface area contributed by atoms with Crippen LogP contribution in [0.15, 0.2) is 12.1 Å². The molecule has 1 aromatic rings. The molecule has 24 heavy (non-hydrogen) atoms. The van der Waals surface area contributed by atoms with Crippen molar-refractivity contribution in [2.24, 2.45) is 0 Å². The molecule has 7 heteroatoms. The standard InChI is InChI=1S/C17H28N2O3.2ClH/c1-5-6-14(19-9-7-18-8-10-19)13-11-15(20-2)17(22-4)16(12-13)21-3;;/h11-12,14,18H,5-10H2,1-4H3;2*1H/t14-;;/m0../s1. The number of hydrogen-bond donors (Lipinski definition) is 1. The van der Waals surface area contributed by atoms with Crippen LogP contribution < -0.4 is 19.5 Å². The number of nitrogens with one attached hydrogen (secondary N) is 1. The van der Waals surface area contributed by atoms with E-state index in [4.69, 9.17) is 14.2 Å². The number of benzene rings is 1. The number of ether oxygens (including phenoxy) is 3. The first-order chi connectivity index (χ1) is 10.7. The fourth-order valence-electron chi connectivity index (χ4n) is 3.12. The highest BCUT2D eigenvalue weighted by Gasteiger charge is 2.24. The van der Waals surface area contributed by atoms with Crippen LogP contribution >= 0.6 is 24.8 Å².